The Bertz CT molecular complexity index is 983. The van der Waals surface area contributed by atoms with Crippen molar-refractivity contribution in [2.24, 2.45) is 0 Å². The van der Waals surface area contributed by atoms with Crippen LogP contribution < -0.4 is 10.1 Å². The number of nitrogens with zero attached hydrogens (tertiary/aromatic N) is 2. The summed E-state index contributed by atoms with van der Waals surface area (Å²) in [5.74, 6) is 0.709. The molecule has 2 heterocycles. The van der Waals surface area contributed by atoms with Gasteiger partial charge in [-0.05, 0) is 30.7 Å². The smallest absolute Gasteiger partial charge is 0.255 e. The molecular weight excluding hydrogens is 362 g/mol. The van der Waals surface area contributed by atoms with Gasteiger partial charge in [0.25, 0.3) is 5.91 Å². The molecule has 0 spiro atoms. The second kappa shape index (κ2) is 7.45. The number of hydrogen-bond donors (Lipinski definition) is 1. The number of halogens is 1. The van der Waals surface area contributed by atoms with Gasteiger partial charge < -0.3 is 10.1 Å². The first-order valence-corrected chi connectivity index (χ1v) is 9.40. The minimum Gasteiger partial charge on any atom is -0.493 e. The number of carbonyl (C=O) groups is 1. The Morgan fingerprint density at radius 1 is 1.30 bits per heavy atom. The van der Waals surface area contributed by atoms with Crippen molar-refractivity contribution in [3.63, 3.8) is 0 Å². The van der Waals surface area contributed by atoms with Gasteiger partial charge in [0.2, 0.25) is 0 Å². The van der Waals surface area contributed by atoms with Crippen molar-refractivity contribution < 1.29 is 9.53 Å². The van der Waals surface area contributed by atoms with E-state index in [1.165, 1.54) is 0 Å². The summed E-state index contributed by atoms with van der Waals surface area (Å²) in [6.07, 6.45) is 3.05. The van der Waals surface area contributed by atoms with E-state index in [9.17, 15) is 4.79 Å². The van der Waals surface area contributed by atoms with Crippen LogP contribution in [0.15, 0.2) is 54.7 Å². The molecule has 138 valence electrons. The van der Waals surface area contributed by atoms with Crippen LogP contribution in [0.1, 0.15) is 41.0 Å². The molecule has 1 aliphatic rings. The molecule has 27 heavy (non-hydrogen) atoms. The summed E-state index contributed by atoms with van der Waals surface area (Å²) in [5.41, 5.74) is 3.30. The van der Waals surface area contributed by atoms with Crippen molar-refractivity contribution >= 4 is 17.5 Å². The zero-order valence-electron chi connectivity index (χ0n) is 15.0. The minimum absolute atomic E-state index is 0.0679. The van der Waals surface area contributed by atoms with E-state index in [2.05, 4.69) is 10.4 Å². The van der Waals surface area contributed by atoms with E-state index in [0.29, 0.717) is 23.6 Å². The Morgan fingerprint density at radius 3 is 2.96 bits per heavy atom. The van der Waals surface area contributed by atoms with E-state index < -0.39 is 0 Å². The van der Waals surface area contributed by atoms with Crippen molar-refractivity contribution in [2.45, 2.75) is 25.8 Å². The molecule has 0 aliphatic carbocycles. The molecule has 1 unspecified atom stereocenters. The Kier molecular flexibility index (Phi) is 4.86. The summed E-state index contributed by atoms with van der Waals surface area (Å²) >= 11 is 6.10. The molecule has 1 atom stereocenters. The van der Waals surface area contributed by atoms with E-state index in [1.807, 2.05) is 55.5 Å². The summed E-state index contributed by atoms with van der Waals surface area (Å²) in [7, 11) is 0. The van der Waals surface area contributed by atoms with Crippen molar-refractivity contribution in [1.82, 2.24) is 15.1 Å². The molecule has 2 aromatic carbocycles. The molecule has 6 heteroatoms. The number of amides is 1. The van der Waals surface area contributed by atoms with Gasteiger partial charge in [0.1, 0.15) is 5.75 Å². The Labute approximate surface area is 162 Å². The highest BCUT2D eigenvalue weighted by Crippen LogP contribution is 2.32. The lowest BCUT2D eigenvalue weighted by atomic mass is 10.00. The van der Waals surface area contributed by atoms with Crippen molar-refractivity contribution in [2.75, 3.05) is 6.61 Å². The molecule has 0 radical (unpaired) electrons. The zero-order valence-corrected chi connectivity index (χ0v) is 15.7. The number of benzene rings is 2. The Hall–Kier alpha value is -2.79. The van der Waals surface area contributed by atoms with Crippen LogP contribution >= 0.6 is 11.6 Å². The van der Waals surface area contributed by atoms with Crippen LogP contribution in [0.3, 0.4) is 0 Å². The normalized spacial score (nSPS) is 15.7. The van der Waals surface area contributed by atoms with Gasteiger partial charge in [-0.25, -0.2) is 4.68 Å². The summed E-state index contributed by atoms with van der Waals surface area (Å²) in [6, 6.07) is 15.2. The van der Waals surface area contributed by atoms with Gasteiger partial charge in [-0.15, -0.1) is 0 Å². The molecule has 1 N–H and O–H groups in total. The predicted octanol–water partition coefficient (Wildman–Crippen LogP) is 4.34. The highest BCUT2D eigenvalue weighted by Gasteiger charge is 2.25. The topological polar surface area (TPSA) is 56.1 Å². The van der Waals surface area contributed by atoms with Gasteiger partial charge >= 0.3 is 0 Å². The quantitative estimate of drug-likeness (QED) is 0.731. The molecule has 1 aromatic heterocycles. The third-order valence-corrected chi connectivity index (χ3v) is 5.00. The fraction of sp³-hybridized carbons (Fsp3) is 0.238. The third kappa shape index (κ3) is 3.43. The Balaban J connectivity index is 1.62. The SMILES string of the molecule is CCc1c(C(=O)NC2CCOc3ccccc32)cnn1-c1cccc(Cl)c1. The van der Waals surface area contributed by atoms with Crippen LogP contribution in [-0.2, 0) is 6.42 Å². The molecule has 3 aromatic rings. The number of fused-ring (bicyclic) bond motifs is 1. The third-order valence-electron chi connectivity index (χ3n) is 4.77. The van der Waals surface area contributed by atoms with Crippen molar-refractivity contribution in [3.8, 4) is 11.4 Å². The van der Waals surface area contributed by atoms with Gasteiger partial charge in [0.15, 0.2) is 0 Å². The number of ether oxygens (including phenoxy) is 1. The molecule has 5 nitrogen and oxygen atoms in total. The van der Waals surface area contributed by atoms with Gasteiger partial charge in [-0.2, -0.15) is 5.10 Å². The van der Waals surface area contributed by atoms with Crippen LogP contribution in [0, 0.1) is 0 Å². The fourth-order valence-electron chi connectivity index (χ4n) is 3.46. The maximum Gasteiger partial charge on any atom is 0.255 e. The maximum atomic E-state index is 13.0. The highest BCUT2D eigenvalue weighted by molar-refractivity contribution is 6.30. The lowest BCUT2D eigenvalue weighted by Crippen LogP contribution is -2.32. The Morgan fingerprint density at radius 2 is 2.15 bits per heavy atom. The average molecular weight is 382 g/mol. The number of para-hydroxylation sites is 1. The fourth-order valence-corrected chi connectivity index (χ4v) is 3.65. The van der Waals surface area contributed by atoms with Crippen molar-refractivity contribution in [1.29, 1.82) is 0 Å². The van der Waals surface area contributed by atoms with Crippen LogP contribution in [0.25, 0.3) is 5.69 Å². The first-order valence-electron chi connectivity index (χ1n) is 9.02. The average Bonchev–Trinajstić information content (AvgIpc) is 3.12. The van der Waals surface area contributed by atoms with E-state index in [-0.39, 0.29) is 11.9 Å². The van der Waals surface area contributed by atoms with E-state index in [1.54, 1.807) is 10.9 Å². The molecule has 0 saturated heterocycles. The maximum absolute atomic E-state index is 13.0. The zero-order chi connectivity index (χ0) is 18.8. The van der Waals surface area contributed by atoms with Gasteiger partial charge in [-0.1, -0.05) is 42.8 Å². The van der Waals surface area contributed by atoms with E-state index in [0.717, 1.165) is 29.1 Å². The summed E-state index contributed by atoms with van der Waals surface area (Å²) in [4.78, 5) is 13.0. The molecule has 0 bridgehead atoms. The standard InChI is InChI=1S/C21H20ClN3O2/c1-2-19-17(13-23-25(19)15-7-5-6-14(22)12-15)21(26)24-18-10-11-27-20-9-4-3-8-16(18)20/h3-9,12-13,18H,2,10-11H2,1H3,(H,24,26). The summed E-state index contributed by atoms with van der Waals surface area (Å²) < 4.78 is 7.46. The lowest BCUT2D eigenvalue weighted by molar-refractivity contribution is 0.0924. The largest absolute Gasteiger partial charge is 0.493 e. The number of rotatable bonds is 4. The number of hydrogen-bond acceptors (Lipinski definition) is 3. The van der Waals surface area contributed by atoms with Gasteiger partial charge in [-0.3, -0.25) is 4.79 Å². The highest BCUT2D eigenvalue weighted by atomic mass is 35.5. The number of carbonyl (C=O) groups excluding carboxylic acids is 1. The van der Waals surface area contributed by atoms with Crippen LogP contribution in [0.2, 0.25) is 5.02 Å². The van der Waals surface area contributed by atoms with Gasteiger partial charge in [0, 0.05) is 17.0 Å². The minimum atomic E-state index is -0.123. The number of aromatic nitrogens is 2. The second-order valence-corrected chi connectivity index (χ2v) is 6.89. The van der Waals surface area contributed by atoms with E-state index in [4.69, 9.17) is 16.3 Å². The first kappa shape index (κ1) is 17.6. The summed E-state index contributed by atoms with van der Waals surface area (Å²) in [6.45, 7) is 2.60. The summed E-state index contributed by atoms with van der Waals surface area (Å²) in [5, 5.41) is 8.21. The number of nitrogens with one attached hydrogen (secondary N) is 1. The van der Waals surface area contributed by atoms with Crippen molar-refractivity contribution in [3.05, 3.63) is 76.6 Å². The predicted molar refractivity (Wildman–Crippen MR) is 105 cm³/mol. The molecule has 4 rings (SSSR count). The molecule has 0 saturated carbocycles. The van der Waals surface area contributed by atoms with E-state index >= 15 is 0 Å². The monoisotopic (exact) mass is 381 g/mol. The molecule has 0 fully saturated rings. The van der Waals surface area contributed by atoms with Crippen LogP contribution in [0.4, 0.5) is 0 Å². The first-order chi connectivity index (χ1) is 13.2. The van der Waals surface area contributed by atoms with Crippen LogP contribution in [0.5, 0.6) is 5.75 Å². The molecule has 1 aliphatic heterocycles. The molecule has 1 amide bonds. The lowest BCUT2D eigenvalue weighted by Gasteiger charge is -2.26. The van der Waals surface area contributed by atoms with Gasteiger partial charge in [0.05, 0.1) is 35.8 Å². The second-order valence-electron chi connectivity index (χ2n) is 6.45. The molecular formula is C21H20ClN3O2. The van der Waals surface area contributed by atoms with Crippen LogP contribution in [-0.4, -0.2) is 22.3 Å².